The number of benzene rings is 1. The van der Waals surface area contributed by atoms with E-state index in [1.165, 1.54) is 0 Å². The lowest BCUT2D eigenvalue weighted by molar-refractivity contribution is -0.475. The van der Waals surface area contributed by atoms with Gasteiger partial charge in [-0.2, -0.15) is 43.9 Å². The summed E-state index contributed by atoms with van der Waals surface area (Å²) in [4.78, 5) is 14.3. The summed E-state index contributed by atoms with van der Waals surface area (Å²) in [5.41, 5.74) is -8.66. The molecule has 0 bridgehead atoms. The van der Waals surface area contributed by atoms with Crippen LogP contribution in [0.3, 0.4) is 0 Å². The van der Waals surface area contributed by atoms with Gasteiger partial charge in [0.1, 0.15) is 11.6 Å². The number of hydrogen-bond acceptors (Lipinski definition) is 2. The SMILES string of the molecule is [C-]#[N+]c1ccc(/C(O)=C/C(=O)C2(F)C(F)(F)C(F)(F)C(F)(F)C(F)(F)C2(F)F)cc1F. The monoisotopic (exact) mass is 471 g/mol. The van der Waals surface area contributed by atoms with E-state index in [0.29, 0.717) is 12.1 Å². The van der Waals surface area contributed by atoms with Crippen LogP contribution >= 0.6 is 0 Å². The Bertz CT molecular complexity index is 978. The average molecular weight is 471 g/mol. The first-order valence-corrected chi connectivity index (χ1v) is 7.46. The van der Waals surface area contributed by atoms with Crippen LogP contribution in [0.1, 0.15) is 5.56 Å². The maximum absolute atomic E-state index is 14.5. The highest BCUT2D eigenvalue weighted by Crippen LogP contribution is 2.69. The van der Waals surface area contributed by atoms with E-state index >= 15 is 0 Å². The fourth-order valence-electron chi connectivity index (χ4n) is 2.59. The molecule has 2 rings (SSSR count). The first kappa shape index (κ1) is 24.4. The zero-order valence-corrected chi connectivity index (χ0v) is 14.1. The van der Waals surface area contributed by atoms with Crippen molar-refractivity contribution in [1.82, 2.24) is 0 Å². The summed E-state index contributed by atoms with van der Waals surface area (Å²) in [5, 5.41) is 9.54. The van der Waals surface area contributed by atoms with Gasteiger partial charge in [0.05, 0.1) is 6.57 Å². The maximum Gasteiger partial charge on any atom is 0.384 e. The Morgan fingerprint density at radius 2 is 1.26 bits per heavy atom. The van der Waals surface area contributed by atoms with Crippen molar-refractivity contribution in [3.8, 4) is 0 Å². The normalized spacial score (nSPS) is 24.8. The van der Waals surface area contributed by atoms with Crippen molar-refractivity contribution < 1.29 is 62.6 Å². The zero-order chi connectivity index (χ0) is 24.4. The Balaban J connectivity index is 2.71. The quantitative estimate of drug-likeness (QED) is 0.264. The summed E-state index contributed by atoms with van der Waals surface area (Å²) in [6.45, 7) is 6.56. The third-order valence-corrected chi connectivity index (χ3v) is 4.41. The lowest BCUT2D eigenvalue weighted by Gasteiger charge is -2.51. The molecule has 3 nitrogen and oxygen atoms in total. The van der Waals surface area contributed by atoms with Gasteiger partial charge in [-0.05, 0) is 6.07 Å². The average Bonchev–Trinajstić information content (AvgIpc) is 2.65. The molecule has 1 aliphatic rings. The van der Waals surface area contributed by atoms with Gasteiger partial charge in [0.2, 0.25) is 11.5 Å². The number of allylic oxidation sites excluding steroid dienone is 1. The summed E-state index contributed by atoms with van der Waals surface area (Å²) in [6, 6.07) is 1.32. The second kappa shape index (κ2) is 6.54. The number of rotatable bonds is 3. The lowest BCUT2D eigenvalue weighted by atomic mass is 9.70. The number of halogens is 12. The van der Waals surface area contributed by atoms with Crippen LogP contribution < -0.4 is 0 Å². The predicted molar refractivity (Wildman–Crippen MR) is 76.8 cm³/mol. The number of carbonyl (C=O) groups is 1. The van der Waals surface area contributed by atoms with E-state index in [2.05, 4.69) is 4.85 Å². The number of alkyl halides is 11. The van der Waals surface area contributed by atoms with E-state index in [0.717, 1.165) is 0 Å². The Morgan fingerprint density at radius 1 is 0.839 bits per heavy atom. The molecule has 0 atom stereocenters. The minimum Gasteiger partial charge on any atom is -0.507 e. The van der Waals surface area contributed by atoms with Crippen LogP contribution in [-0.4, -0.2) is 46.2 Å². The van der Waals surface area contributed by atoms with Gasteiger partial charge in [-0.3, -0.25) is 4.79 Å². The van der Waals surface area contributed by atoms with E-state index in [-0.39, 0.29) is 6.07 Å². The molecular weight excluding hydrogens is 466 g/mol. The van der Waals surface area contributed by atoms with Crippen LogP contribution in [0.4, 0.5) is 58.4 Å². The standard InChI is InChI=1S/C16H5F12NO2/c1-29-8-3-2-6(4-7(8)17)9(30)5-10(31)11(18)12(19,20)14(23,24)16(27,28)15(25,26)13(11,21)22/h2-5,30H/b9-5-. The summed E-state index contributed by atoms with van der Waals surface area (Å²) in [6.07, 6.45) is -0.996. The molecule has 0 heterocycles. The molecule has 15 heteroatoms. The molecule has 0 amide bonds. The molecule has 170 valence electrons. The molecule has 0 aliphatic heterocycles. The van der Waals surface area contributed by atoms with E-state index in [1.807, 2.05) is 0 Å². The molecule has 1 aromatic carbocycles. The van der Waals surface area contributed by atoms with Crippen molar-refractivity contribution in [3.05, 3.63) is 47.1 Å². The largest absolute Gasteiger partial charge is 0.507 e. The zero-order valence-electron chi connectivity index (χ0n) is 14.1. The fraction of sp³-hybridized carbons (Fsp3) is 0.375. The molecule has 1 saturated carbocycles. The number of hydrogen-bond donors (Lipinski definition) is 1. The van der Waals surface area contributed by atoms with Gasteiger partial charge in [0.25, 0.3) is 0 Å². The van der Waals surface area contributed by atoms with Crippen molar-refractivity contribution in [2.24, 2.45) is 0 Å². The number of aliphatic hydroxyl groups is 1. The van der Waals surface area contributed by atoms with Crippen molar-refractivity contribution >= 4 is 17.2 Å². The van der Waals surface area contributed by atoms with Gasteiger partial charge in [0, 0.05) is 11.6 Å². The summed E-state index contributed by atoms with van der Waals surface area (Å²) in [7, 11) is 0. The topological polar surface area (TPSA) is 41.7 Å². The van der Waals surface area contributed by atoms with Crippen LogP contribution in [0.5, 0.6) is 0 Å². The summed E-state index contributed by atoms with van der Waals surface area (Å²) in [5.74, 6) is -44.2. The Morgan fingerprint density at radius 3 is 1.65 bits per heavy atom. The number of nitrogens with zero attached hydrogens (tertiary/aromatic N) is 1. The fourth-order valence-corrected chi connectivity index (χ4v) is 2.59. The molecule has 31 heavy (non-hydrogen) atoms. The van der Waals surface area contributed by atoms with Gasteiger partial charge in [0.15, 0.2) is 0 Å². The van der Waals surface area contributed by atoms with Crippen LogP contribution in [0.25, 0.3) is 10.6 Å². The first-order chi connectivity index (χ1) is 13.8. The lowest BCUT2D eigenvalue weighted by Crippen LogP contribution is -2.85. The first-order valence-electron chi connectivity index (χ1n) is 7.46. The highest BCUT2D eigenvalue weighted by molar-refractivity contribution is 6.03. The minimum absolute atomic E-state index is 0.186. The molecule has 1 N–H and O–H groups in total. The maximum atomic E-state index is 14.5. The van der Waals surface area contributed by atoms with Gasteiger partial charge in [-0.1, -0.05) is 12.1 Å². The molecule has 0 radical (unpaired) electrons. The molecule has 0 saturated heterocycles. The summed E-state index contributed by atoms with van der Waals surface area (Å²) < 4.78 is 163. The molecule has 1 aliphatic carbocycles. The second-order valence-corrected chi connectivity index (χ2v) is 6.20. The third kappa shape index (κ3) is 2.66. The Hall–Kier alpha value is -2.92. The van der Waals surface area contributed by atoms with Gasteiger partial charge in [-0.25, -0.2) is 13.6 Å². The van der Waals surface area contributed by atoms with Crippen molar-refractivity contribution in [2.45, 2.75) is 35.3 Å². The van der Waals surface area contributed by atoms with Crippen molar-refractivity contribution in [2.75, 3.05) is 0 Å². The van der Waals surface area contributed by atoms with Crippen LogP contribution in [0, 0.1) is 12.4 Å². The molecule has 0 unspecified atom stereocenters. The summed E-state index contributed by atoms with van der Waals surface area (Å²) >= 11 is 0. The predicted octanol–water partition coefficient (Wildman–Crippen LogP) is 5.74. The smallest absolute Gasteiger partial charge is 0.384 e. The molecule has 1 aromatic rings. The highest BCUT2D eigenvalue weighted by Gasteiger charge is 3.02. The van der Waals surface area contributed by atoms with E-state index in [4.69, 9.17) is 6.57 Å². The van der Waals surface area contributed by atoms with Crippen LogP contribution in [-0.2, 0) is 4.79 Å². The van der Waals surface area contributed by atoms with Gasteiger partial charge < -0.3 is 5.11 Å². The van der Waals surface area contributed by atoms with E-state index in [9.17, 15) is 62.6 Å². The van der Waals surface area contributed by atoms with Crippen LogP contribution in [0.2, 0.25) is 0 Å². The number of carbonyl (C=O) groups excluding carboxylic acids is 1. The molecule has 0 spiro atoms. The molecular formula is C16H5F12NO2. The Labute approximate surface area is 163 Å². The van der Waals surface area contributed by atoms with Crippen molar-refractivity contribution in [1.29, 1.82) is 0 Å². The van der Waals surface area contributed by atoms with Crippen molar-refractivity contribution in [3.63, 3.8) is 0 Å². The molecule has 0 aromatic heterocycles. The second-order valence-electron chi connectivity index (χ2n) is 6.20. The minimum atomic E-state index is -7.49. The molecule has 1 fully saturated rings. The highest BCUT2D eigenvalue weighted by atomic mass is 19.4. The van der Waals surface area contributed by atoms with E-state index in [1.54, 1.807) is 0 Å². The van der Waals surface area contributed by atoms with Gasteiger partial charge in [-0.15, -0.1) is 0 Å². The van der Waals surface area contributed by atoms with Gasteiger partial charge >= 0.3 is 35.3 Å². The number of ketones is 1. The number of aliphatic hydroxyl groups excluding tert-OH is 1. The van der Waals surface area contributed by atoms with Crippen LogP contribution in [0.15, 0.2) is 24.3 Å². The Kier molecular flexibility index (Phi) is 5.14. The van der Waals surface area contributed by atoms with E-state index < -0.39 is 70.0 Å². The third-order valence-electron chi connectivity index (χ3n) is 4.41.